The van der Waals surface area contributed by atoms with Gasteiger partial charge in [0.1, 0.15) is 0 Å². The lowest BCUT2D eigenvalue weighted by Crippen LogP contribution is -2.35. The Labute approximate surface area is 130 Å². The number of unbranched alkanes of at least 4 members (excludes halogenated alkanes) is 1. The molecule has 2 rings (SSSR count). The maximum absolute atomic E-state index is 14.3. The van der Waals surface area contributed by atoms with Crippen molar-refractivity contribution in [1.29, 1.82) is 0 Å². The predicted octanol–water partition coefficient (Wildman–Crippen LogP) is 5.16. The minimum absolute atomic E-state index is 0.0389. The van der Waals surface area contributed by atoms with Gasteiger partial charge in [0.25, 0.3) is 0 Å². The van der Waals surface area contributed by atoms with Crippen LogP contribution in [0.2, 0.25) is 0 Å². The summed E-state index contributed by atoms with van der Waals surface area (Å²) in [6, 6.07) is 3.84. The lowest BCUT2D eigenvalue weighted by Gasteiger charge is -2.30. The van der Waals surface area contributed by atoms with Crippen molar-refractivity contribution >= 4 is 21.5 Å². The quantitative estimate of drug-likeness (QED) is 0.520. The third kappa shape index (κ3) is 3.58. The number of rotatable bonds is 5. The molecule has 0 fully saturated rings. The predicted molar refractivity (Wildman–Crippen MR) is 80.9 cm³/mol. The summed E-state index contributed by atoms with van der Waals surface area (Å²) in [6.45, 7) is 2.43. The van der Waals surface area contributed by atoms with E-state index in [1.54, 1.807) is 0 Å². The molecule has 1 aliphatic rings. The first-order chi connectivity index (χ1) is 9.98. The molecule has 1 nitrogen and oxygen atoms in total. The third-order valence-corrected chi connectivity index (χ3v) is 4.21. The van der Waals surface area contributed by atoms with E-state index in [4.69, 9.17) is 4.74 Å². The van der Waals surface area contributed by atoms with Gasteiger partial charge in [-0.15, -0.1) is 0 Å². The molecule has 1 aromatic rings. The van der Waals surface area contributed by atoms with E-state index < -0.39 is 22.3 Å². The van der Waals surface area contributed by atoms with Crippen LogP contribution in [0.4, 0.5) is 13.2 Å². The fraction of sp³-hybridized carbons (Fsp3) is 0.375. The molecule has 0 heterocycles. The molecule has 1 aromatic carbocycles. The summed E-state index contributed by atoms with van der Waals surface area (Å²) in [7, 11) is 0. The van der Waals surface area contributed by atoms with Gasteiger partial charge in [0.05, 0.1) is 0 Å². The Bertz CT molecular complexity index is 571. The zero-order chi connectivity index (χ0) is 15.5. The van der Waals surface area contributed by atoms with E-state index in [-0.39, 0.29) is 5.56 Å². The minimum atomic E-state index is -1.49. The number of ether oxygens (including phenoxy) is 1. The first-order valence-electron chi connectivity index (χ1n) is 6.80. The van der Waals surface area contributed by atoms with E-state index in [0.29, 0.717) is 12.2 Å². The lowest BCUT2D eigenvalue weighted by atomic mass is 9.96. The van der Waals surface area contributed by atoms with Crippen LogP contribution in [0, 0.1) is 11.6 Å². The molecule has 0 radical (unpaired) electrons. The number of alkyl halides is 2. The van der Waals surface area contributed by atoms with Gasteiger partial charge < -0.3 is 4.74 Å². The van der Waals surface area contributed by atoms with Crippen molar-refractivity contribution in [3.8, 4) is 0 Å². The summed E-state index contributed by atoms with van der Waals surface area (Å²) in [5, 5.41) is 0. The number of halogens is 4. The summed E-state index contributed by atoms with van der Waals surface area (Å²) >= 11 is 3.23. The van der Waals surface area contributed by atoms with Gasteiger partial charge in [0.15, 0.2) is 22.3 Å². The summed E-state index contributed by atoms with van der Waals surface area (Å²) in [4.78, 5) is 0. The molecule has 0 spiro atoms. The van der Waals surface area contributed by atoms with Gasteiger partial charge in [0.2, 0.25) is 0 Å². The van der Waals surface area contributed by atoms with Gasteiger partial charge in [-0.2, -0.15) is 0 Å². The Morgan fingerprint density at radius 3 is 2.76 bits per heavy atom. The molecule has 2 atom stereocenters. The minimum Gasteiger partial charge on any atom is -0.357 e. The smallest absolute Gasteiger partial charge is 0.176 e. The highest BCUT2D eigenvalue weighted by Gasteiger charge is 2.36. The Balaban J connectivity index is 2.20. The van der Waals surface area contributed by atoms with E-state index in [1.807, 2.05) is 6.92 Å². The van der Waals surface area contributed by atoms with Crippen LogP contribution in [-0.2, 0) is 4.74 Å². The van der Waals surface area contributed by atoms with Crippen molar-refractivity contribution < 1.29 is 17.9 Å². The molecule has 0 bridgehead atoms. The summed E-state index contributed by atoms with van der Waals surface area (Å²) in [5.41, 5.74) is 0.339. The van der Waals surface area contributed by atoms with Crippen molar-refractivity contribution in [3.63, 3.8) is 0 Å². The van der Waals surface area contributed by atoms with E-state index in [9.17, 15) is 13.2 Å². The molecule has 0 saturated heterocycles. The zero-order valence-corrected chi connectivity index (χ0v) is 13.2. The van der Waals surface area contributed by atoms with E-state index in [1.165, 1.54) is 30.4 Å². The van der Waals surface area contributed by atoms with Crippen LogP contribution in [0.1, 0.15) is 25.3 Å². The summed E-state index contributed by atoms with van der Waals surface area (Å²) in [6.07, 6.45) is 4.54. The number of hydrogen-bond donors (Lipinski definition) is 0. The largest absolute Gasteiger partial charge is 0.357 e. The first-order valence-corrected chi connectivity index (χ1v) is 7.59. The van der Waals surface area contributed by atoms with Crippen LogP contribution >= 0.6 is 15.9 Å². The molecule has 21 heavy (non-hydrogen) atoms. The molecule has 1 aliphatic carbocycles. The fourth-order valence-electron chi connectivity index (χ4n) is 2.03. The van der Waals surface area contributed by atoms with Crippen molar-refractivity contribution in [2.45, 2.75) is 30.4 Å². The Morgan fingerprint density at radius 2 is 2.10 bits per heavy atom. The van der Waals surface area contributed by atoms with E-state index >= 15 is 0 Å². The number of allylic oxidation sites excluding steroid dienone is 2. The average Bonchev–Trinajstić information content (AvgIpc) is 2.46. The maximum atomic E-state index is 14.3. The van der Waals surface area contributed by atoms with Gasteiger partial charge in [-0.05, 0) is 46.1 Å². The monoisotopic (exact) mass is 360 g/mol. The Morgan fingerprint density at radius 1 is 1.33 bits per heavy atom. The van der Waals surface area contributed by atoms with Crippen LogP contribution in [0.15, 0.2) is 36.4 Å². The highest BCUT2D eigenvalue weighted by Crippen LogP contribution is 2.37. The van der Waals surface area contributed by atoms with Crippen molar-refractivity contribution in [3.05, 3.63) is 53.6 Å². The highest BCUT2D eigenvalue weighted by molar-refractivity contribution is 9.10. The third-order valence-electron chi connectivity index (χ3n) is 3.28. The van der Waals surface area contributed by atoms with Crippen LogP contribution < -0.4 is 0 Å². The number of hydrogen-bond acceptors (Lipinski definition) is 1. The molecule has 2 unspecified atom stereocenters. The van der Waals surface area contributed by atoms with Gasteiger partial charge in [-0.25, -0.2) is 13.2 Å². The molecular weight excluding hydrogens is 345 g/mol. The van der Waals surface area contributed by atoms with Crippen LogP contribution in [-0.4, -0.2) is 17.3 Å². The van der Waals surface area contributed by atoms with E-state index in [0.717, 1.165) is 18.9 Å². The van der Waals surface area contributed by atoms with Crippen LogP contribution in [0.5, 0.6) is 0 Å². The van der Waals surface area contributed by atoms with Crippen LogP contribution in [0.25, 0.3) is 5.57 Å². The molecular formula is C16H16BrF3O. The second kappa shape index (κ2) is 6.79. The molecule has 0 amide bonds. The highest BCUT2D eigenvalue weighted by atomic mass is 79.9. The standard InChI is InChI=1S/C16H16BrF3O/c1-2-3-9-21-16(17)8-7-11(10-14(16)19)12-5-4-6-13(18)15(12)20/h4-8,10,14H,2-3,9H2,1H3. The fourth-order valence-corrected chi connectivity index (χ4v) is 2.46. The van der Waals surface area contributed by atoms with Crippen molar-refractivity contribution in [1.82, 2.24) is 0 Å². The van der Waals surface area contributed by atoms with Crippen molar-refractivity contribution in [2.24, 2.45) is 0 Å². The topological polar surface area (TPSA) is 9.23 Å². The Kier molecular flexibility index (Phi) is 5.27. The normalized spacial score (nSPS) is 25.0. The maximum Gasteiger partial charge on any atom is 0.176 e. The second-order valence-corrected chi connectivity index (χ2v) is 6.10. The van der Waals surface area contributed by atoms with Gasteiger partial charge in [-0.1, -0.05) is 31.6 Å². The zero-order valence-electron chi connectivity index (χ0n) is 11.6. The average molecular weight is 361 g/mol. The Hall–Kier alpha value is -1.07. The molecule has 5 heteroatoms. The van der Waals surface area contributed by atoms with Gasteiger partial charge in [-0.3, -0.25) is 0 Å². The van der Waals surface area contributed by atoms with Gasteiger partial charge >= 0.3 is 0 Å². The molecule has 0 N–H and O–H groups in total. The first kappa shape index (κ1) is 16.3. The lowest BCUT2D eigenvalue weighted by molar-refractivity contribution is 0.0218. The number of benzene rings is 1. The SMILES string of the molecule is CCCCOC1(Br)C=CC(c2cccc(F)c2F)=CC1F. The second-order valence-electron chi connectivity index (χ2n) is 4.86. The van der Waals surface area contributed by atoms with Crippen LogP contribution in [0.3, 0.4) is 0 Å². The van der Waals surface area contributed by atoms with E-state index in [2.05, 4.69) is 15.9 Å². The molecule has 0 aromatic heterocycles. The van der Waals surface area contributed by atoms with Gasteiger partial charge in [0, 0.05) is 12.2 Å². The van der Waals surface area contributed by atoms with Crippen molar-refractivity contribution in [2.75, 3.05) is 6.61 Å². The molecule has 0 aliphatic heterocycles. The summed E-state index contributed by atoms with van der Waals surface area (Å²) in [5.74, 6) is -1.93. The molecule has 0 saturated carbocycles. The summed E-state index contributed by atoms with van der Waals surface area (Å²) < 4.78 is 45.5. The molecule has 114 valence electrons.